The van der Waals surface area contributed by atoms with Crippen LogP contribution in [0.1, 0.15) is 39.5 Å². The van der Waals surface area contributed by atoms with Gasteiger partial charge in [-0.15, -0.1) is 0 Å². The van der Waals surface area contributed by atoms with Gasteiger partial charge in [-0.1, -0.05) is 0 Å². The van der Waals surface area contributed by atoms with Gasteiger partial charge in [-0.3, -0.25) is 4.99 Å². The van der Waals surface area contributed by atoms with Gasteiger partial charge in [0.05, 0.1) is 0 Å². The van der Waals surface area contributed by atoms with E-state index in [0.29, 0.717) is 12.0 Å². The Morgan fingerprint density at radius 3 is 2.35 bits per heavy atom. The van der Waals surface area contributed by atoms with Crippen molar-refractivity contribution in [3.05, 3.63) is 0 Å². The fourth-order valence-corrected chi connectivity index (χ4v) is 2.78. The van der Waals surface area contributed by atoms with Gasteiger partial charge >= 0.3 is 0 Å². The normalized spacial score (nSPS) is 26.1. The van der Waals surface area contributed by atoms with Crippen molar-refractivity contribution in [1.29, 1.82) is 0 Å². The number of piperidine rings is 1. The molecular formula is C14H26N2O. The molecule has 0 aromatic carbocycles. The fraction of sp³-hybridized carbons (Fsp3) is 0.929. The van der Waals surface area contributed by atoms with E-state index in [0.717, 1.165) is 19.3 Å². The van der Waals surface area contributed by atoms with Crippen molar-refractivity contribution in [1.82, 2.24) is 4.90 Å². The maximum Gasteiger partial charge on any atom is 0.0480 e. The zero-order valence-corrected chi connectivity index (χ0v) is 11.3. The summed E-state index contributed by atoms with van der Waals surface area (Å²) in [5.74, 6) is 0.716. The molecule has 0 amide bonds. The molecule has 0 aromatic heterocycles. The van der Waals surface area contributed by atoms with Crippen LogP contribution in [0.15, 0.2) is 4.99 Å². The third kappa shape index (κ3) is 4.07. The van der Waals surface area contributed by atoms with Gasteiger partial charge in [-0.05, 0) is 58.5 Å². The summed E-state index contributed by atoms with van der Waals surface area (Å²) >= 11 is 0. The largest absolute Gasteiger partial charge is 0.381 e. The zero-order valence-electron chi connectivity index (χ0n) is 11.3. The van der Waals surface area contributed by atoms with Crippen LogP contribution in [0, 0.1) is 5.92 Å². The summed E-state index contributed by atoms with van der Waals surface area (Å²) in [6.45, 7) is 8.71. The number of aliphatic imine (C=N–C) groups is 1. The number of nitrogens with zero attached hydrogens (tertiary/aromatic N) is 2. The van der Waals surface area contributed by atoms with E-state index < -0.39 is 0 Å². The van der Waals surface area contributed by atoms with Crippen molar-refractivity contribution in [2.24, 2.45) is 10.9 Å². The lowest BCUT2D eigenvalue weighted by molar-refractivity contribution is 0.0248. The molecule has 0 aliphatic carbocycles. The maximum atomic E-state index is 5.43. The van der Waals surface area contributed by atoms with Gasteiger partial charge in [0.15, 0.2) is 0 Å². The molecule has 0 spiro atoms. The average molecular weight is 238 g/mol. The molecule has 0 radical (unpaired) electrons. The van der Waals surface area contributed by atoms with Crippen LogP contribution >= 0.6 is 0 Å². The highest BCUT2D eigenvalue weighted by molar-refractivity contribution is 5.61. The summed E-state index contributed by atoms with van der Waals surface area (Å²) < 4.78 is 5.43. The molecule has 0 bridgehead atoms. The Bertz CT molecular complexity index is 239. The zero-order chi connectivity index (χ0) is 12.1. The number of likely N-dealkylation sites (tertiary alicyclic amines) is 1. The highest BCUT2D eigenvalue weighted by atomic mass is 16.5. The number of rotatable bonds is 3. The van der Waals surface area contributed by atoms with Gasteiger partial charge in [0.1, 0.15) is 0 Å². The van der Waals surface area contributed by atoms with Crippen molar-refractivity contribution in [3.8, 4) is 0 Å². The Hall–Kier alpha value is -0.410. The molecule has 3 heteroatoms. The standard InChI is InChI=1S/C14H26N2O/c1-12(2)15-11-13-3-7-16(8-4-13)14-5-9-17-10-6-14/h11-14H,3-10H2,1-2H3/b15-11-. The Morgan fingerprint density at radius 2 is 1.76 bits per heavy atom. The van der Waals surface area contributed by atoms with Crippen LogP contribution in [0.25, 0.3) is 0 Å². The predicted octanol–water partition coefficient (Wildman–Crippen LogP) is 2.36. The van der Waals surface area contributed by atoms with Gasteiger partial charge in [-0.2, -0.15) is 0 Å². The highest BCUT2D eigenvalue weighted by Crippen LogP contribution is 2.22. The van der Waals surface area contributed by atoms with Crippen molar-refractivity contribution < 1.29 is 4.74 Å². The van der Waals surface area contributed by atoms with Crippen LogP contribution in [0.2, 0.25) is 0 Å². The van der Waals surface area contributed by atoms with Crippen LogP contribution in [-0.2, 0) is 4.74 Å². The molecule has 2 heterocycles. The molecule has 3 nitrogen and oxygen atoms in total. The van der Waals surface area contributed by atoms with E-state index in [1.165, 1.54) is 38.8 Å². The summed E-state index contributed by atoms with van der Waals surface area (Å²) in [7, 11) is 0. The van der Waals surface area contributed by atoms with Gasteiger partial charge in [0.25, 0.3) is 0 Å². The summed E-state index contributed by atoms with van der Waals surface area (Å²) in [6.07, 6.45) is 7.22. The van der Waals surface area contributed by atoms with Crippen LogP contribution in [0.4, 0.5) is 0 Å². The fourth-order valence-electron chi connectivity index (χ4n) is 2.78. The van der Waals surface area contributed by atoms with E-state index in [1.54, 1.807) is 0 Å². The first-order chi connectivity index (χ1) is 8.25. The molecule has 2 aliphatic heterocycles. The topological polar surface area (TPSA) is 24.8 Å². The molecule has 17 heavy (non-hydrogen) atoms. The second-order valence-corrected chi connectivity index (χ2v) is 5.61. The van der Waals surface area contributed by atoms with Gasteiger partial charge in [0.2, 0.25) is 0 Å². The van der Waals surface area contributed by atoms with Crippen LogP contribution in [-0.4, -0.2) is 49.5 Å². The molecule has 2 rings (SSSR count). The molecule has 98 valence electrons. The average Bonchev–Trinajstić information content (AvgIpc) is 2.38. The van der Waals surface area contributed by atoms with Gasteiger partial charge < -0.3 is 9.64 Å². The van der Waals surface area contributed by atoms with E-state index in [1.807, 2.05) is 0 Å². The summed E-state index contributed by atoms with van der Waals surface area (Å²) in [5, 5.41) is 0. The molecule has 0 aromatic rings. The molecule has 0 atom stereocenters. The molecular weight excluding hydrogens is 212 g/mol. The van der Waals surface area contributed by atoms with E-state index in [9.17, 15) is 0 Å². The van der Waals surface area contributed by atoms with Crippen molar-refractivity contribution in [3.63, 3.8) is 0 Å². The van der Waals surface area contributed by atoms with Crippen molar-refractivity contribution in [2.75, 3.05) is 26.3 Å². The van der Waals surface area contributed by atoms with Gasteiger partial charge in [-0.25, -0.2) is 0 Å². The lowest BCUT2D eigenvalue weighted by atomic mass is 9.95. The number of hydrogen-bond donors (Lipinski definition) is 0. The second-order valence-electron chi connectivity index (χ2n) is 5.61. The smallest absolute Gasteiger partial charge is 0.0480 e. The van der Waals surface area contributed by atoms with Crippen LogP contribution in [0.3, 0.4) is 0 Å². The molecule has 0 N–H and O–H groups in total. The van der Waals surface area contributed by atoms with Crippen molar-refractivity contribution >= 4 is 6.21 Å². The first-order valence-electron chi connectivity index (χ1n) is 7.11. The van der Waals surface area contributed by atoms with E-state index in [-0.39, 0.29) is 0 Å². The third-order valence-electron chi connectivity index (χ3n) is 3.88. The molecule has 2 aliphatic rings. The minimum absolute atomic E-state index is 0.448. The van der Waals surface area contributed by atoms with E-state index >= 15 is 0 Å². The summed E-state index contributed by atoms with van der Waals surface area (Å²) in [4.78, 5) is 7.19. The molecule has 2 fully saturated rings. The number of ether oxygens (including phenoxy) is 1. The monoisotopic (exact) mass is 238 g/mol. The van der Waals surface area contributed by atoms with E-state index in [2.05, 4.69) is 30.0 Å². The minimum atomic E-state index is 0.448. The minimum Gasteiger partial charge on any atom is -0.381 e. The molecule has 0 saturated carbocycles. The van der Waals surface area contributed by atoms with Crippen molar-refractivity contribution in [2.45, 2.75) is 51.6 Å². The first-order valence-corrected chi connectivity index (χ1v) is 7.11. The van der Waals surface area contributed by atoms with Gasteiger partial charge in [0, 0.05) is 31.5 Å². The lowest BCUT2D eigenvalue weighted by Crippen LogP contribution is -2.44. The Labute approximate surface area is 105 Å². The quantitative estimate of drug-likeness (QED) is 0.705. The molecule has 2 saturated heterocycles. The maximum absolute atomic E-state index is 5.43. The summed E-state index contributed by atoms with van der Waals surface area (Å²) in [6, 6.07) is 1.23. The molecule has 0 unspecified atom stereocenters. The third-order valence-corrected chi connectivity index (χ3v) is 3.88. The number of hydrogen-bond acceptors (Lipinski definition) is 3. The van der Waals surface area contributed by atoms with E-state index in [4.69, 9.17) is 4.74 Å². The lowest BCUT2D eigenvalue weighted by Gasteiger charge is -2.38. The first kappa shape index (κ1) is 13.0. The SMILES string of the molecule is CC(C)/N=C\C1CCN(C2CCOCC2)CC1. The highest BCUT2D eigenvalue weighted by Gasteiger charge is 2.25. The second kappa shape index (κ2) is 6.50. The Morgan fingerprint density at radius 1 is 1.12 bits per heavy atom. The predicted molar refractivity (Wildman–Crippen MR) is 71.8 cm³/mol. The summed E-state index contributed by atoms with van der Waals surface area (Å²) in [5.41, 5.74) is 0. The van der Waals surface area contributed by atoms with Crippen LogP contribution in [0.5, 0.6) is 0 Å². The Kier molecular flexibility index (Phi) is 4.99. The van der Waals surface area contributed by atoms with Crippen LogP contribution < -0.4 is 0 Å². The Balaban J connectivity index is 1.73.